The molecule has 1 N–H and O–H groups in total. The number of benzene rings is 1. The fraction of sp³-hybridized carbons (Fsp3) is 0.562. The van der Waals surface area contributed by atoms with Crippen molar-refractivity contribution in [3.63, 3.8) is 0 Å². The summed E-state index contributed by atoms with van der Waals surface area (Å²) in [6.07, 6.45) is 4.93. The molecule has 114 valence electrons. The maximum atomic E-state index is 13.3. The molecule has 2 fully saturated rings. The van der Waals surface area contributed by atoms with Crippen LogP contribution in [-0.2, 0) is 11.3 Å². The summed E-state index contributed by atoms with van der Waals surface area (Å²) in [5, 5.41) is 9.43. The van der Waals surface area contributed by atoms with Gasteiger partial charge in [-0.25, -0.2) is 8.78 Å². The average Bonchev–Trinajstić information content (AvgIpc) is 2.77. The van der Waals surface area contributed by atoms with Gasteiger partial charge in [0.2, 0.25) is 0 Å². The van der Waals surface area contributed by atoms with E-state index < -0.39 is 23.6 Å². The molecule has 5 heteroatoms. The number of hydrogen-bond acceptors (Lipinski definition) is 2. The number of halogens is 2. The second-order valence-electron chi connectivity index (χ2n) is 6.15. The molecule has 21 heavy (non-hydrogen) atoms. The molecule has 1 aromatic carbocycles. The Labute approximate surface area is 122 Å². The fourth-order valence-electron chi connectivity index (χ4n) is 3.94. The fourth-order valence-corrected chi connectivity index (χ4v) is 3.94. The molecular formula is C16H19F2NO2. The molecule has 1 heterocycles. The Morgan fingerprint density at radius 2 is 1.86 bits per heavy atom. The quantitative estimate of drug-likeness (QED) is 0.931. The van der Waals surface area contributed by atoms with Gasteiger partial charge in [0.1, 0.15) is 17.7 Å². The number of aliphatic carboxylic acids is 1. The minimum atomic E-state index is -0.832. The van der Waals surface area contributed by atoms with Crippen LogP contribution in [0.2, 0.25) is 0 Å². The lowest BCUT2D eigenvalue weighted by molar-refractivity contribution is -0.142. The minimum Gasteiger partial charge on any atom is -0.480 e. The van der Waals surface area contributed by atoms with Crippen LogP contribution >= 0.6 is 0 Å². The number of carboxylic acid groups (broad SMARTS) is 1. The third-order valence-corrected chi connectivity index (χ3v) is 4.79. The van der Waals surface area contributed by atoms with E-state index >= 15 is 0 Å². The van der Waals surface area contributed by atoms with Crippen molar-refractivity contribution in [1.29, 1.82) is 0 Å². The van der Waals surface area contributed by atoms with E-state index in [2.05, 4.69) is 0 Å². The summed E-state index contributed by atoms with van der Waals surface area (Å²) in [6, 6.07) is 3.11. The number of fused-ring (bicyclic) bond motifs is 1. The summed E-state index contributed by atoms with van der Waals surface area (Å²) >= 11 is 0. The third kappa shape index (κ3) is 2.93. The summed E-state index contributed by atoms with van der Waals surface area (Å²) in [6.45, 7) is 0.298. The molecule has 0 radical (unpaired) electrons. The first-order chi connectivity index (χ1) is 10.0. The molecule has 0 amide bonds. The zero-order valence-corrected chi connectivity index (χ0v) is 11.8. The van der Waals surface area contributed by atoms with E-state index in [-0.39, 0.29) is 6.04 Å². The number of hydrogen-bond donors (Lipinski definition) is 1. The van der Waals surface area contributed by atoms with Gasteiger partial charge >= 0.3 is 5.97 Å². The van der Waals surface area contributed by atoms with Crippen LogP contribution in [0, 0.1) is 17.6 Å². The summed E-state index contributed by atoms with van der Waals surface area (Å²) < 4.78 is 26.6. The predicted octanol–water partition coefficient (Wildman–Crippen LogP) is 3.18. The maximum absolute atomic E-state index is 13.3. The Hall–Kier alpha value is -1.49. The van der Waals surface area contributed by atoms with Crippen LogP contribution in [0.3, 0.4) is 0 Å². The minimum absolute atomic E-state index is 0.228. The van der Waals surface area contributed by atoms with Gasteiger partial charge in [-0.1, -0.05) is 12.8 Å². The van der Waals surface area contributed by atoms with Crippen LogP contribution in [0.5, 0.6) is 0 Å². The third-order valence-electron chi connectivity index (χ3n) is 4.79. The lowest BCUT2D eigenvalue weighted by atomic mass is 9.84. The molecule has 3 atom stereocenters. The van der Waals surface area contributed by atoms with Gasteiger partial charge in [-0.15, -0.1) is 0 Å². The highest BCUT2D eigenvalue weighted by Crippen LogP contribution is 2.40. The number of nitrogens with zero attached hydrogens (tertiary/aromatic N) is 1. The Bertz CT molecular complexity index is 529. The standard InChI is InChI=1S/C16H19F2NO2/c17-12-5-10(6-13(18)8-12)9-19-14-4-2-1-3-11(14)7-15(19)16(20)21/h5-6,8,11,14-15H,1-4,7,9H2,(H,20,21). The van der Waals surface area contributed by atoms with E-state index in [1.807, 2.05) is 4.90 Å². The van der Waals surface area contributed by atoms with Crippen molar-refractivity contribution in [2.45, 2.75) is 50.7 Å². The molecule has 1 aliphatic heterocycles. The Morgan fingerprint density at radius 3 is 2.52 bits per heavy atom. The number of carboxylic acids is 1. The maximum Gasteiger partial charge on any atom is 0.320 e. The van der Waals surface area contributed by atoms with E-state index in [1.165, 1.54) is 12.1 Å². The van der Waals surface area contributed by atoms with Crippen molar-refractivity contribution in [1.82, 2.24) is 4.90 Å². The second kappa shape index (κ2) is 5.72. The van der Waals surface area contributed by atoms with Crippen molar-refractivity contribution in [3.8, 4) is 0 Å². The Balaban J connectivity index is 1.84. The summed E-state index contributed by atoms with van der Waals surface area (Å²) in [5.74, 6) is -1.66. The van der Waals surface area contributed by atoms with Gasteiger partial charge in [-0.05, 0) is 42.9 Å². The van der Waals surface area contributed by atoms with Crippen LogP contribution in [0.4, 0.5) is 8.78 Å². The summed E-state index contributed by atoms with van der Waals surface area (Å²) in [7, 11) is 0. The van der Waals surface area contributed by atoms with E-state index in [9.17, 15) is 18.7 Å². The second-order valence-corrected chi connectivity index (χ2v) is 6.15. The number of likely N-dealkylation sites (tertiary alicyclic amines) is 1. The van der Waals surface area contributed by atoms with Crippen molar-refractivity contribution in [2.24, 2.45) is 5.92 Å². The lowest BCUT2D eigenvalue weighted by Crippen LogP contribution is -2.41. The first-order valence-corrected chi connectivity index (χ1v) is 7.48. The van der Waals surface area contributed by atoms with Crippen molar-refractivity contribution in [2.75, 3.05) is 0 Å². The molecule has 3 nitrogen and oxygen atoms in total. The Morgan fingerprint density at radius 1 is 1.19 bits per heavy atom. The van der Waals surface area contributed by atoms with Crippen LogP contribution in [0.15, 0.2) is 18.2 Å². The molecule has 1 saturated carbocycles. The average molecular weight is 295 g/mol. The first kappa shape index (κ1) is 14.4. The van der Waals surface area contributed by atoms with Gasteiger partial charge in [0.25, 0.3) is 0 Å². The predicted molar refractivity (Wildman–Crippen MR) is 73.7 cm³/mol. The normalized spacial score (nSPS) is 29.3. The van der Waals surface area contributed by atoms with Crippen LogP contribution in [0.25, 0.3) is 0 Å². The van der Waals surface area contributed by atoms with Crippen molar-refractivity contribution >= 4 is 5.97 Å². The highest BCUT2D eigenvalue weighted by molar-refractivity contribution is 5.74. The molecular weight excluding hydrogens is 276 g/mol. The molecule has 0 bridgehead atoms. The lowest BCUT2D eigenvalue weighted by Gasteiger charge is -2.33. The highest BCUT2D eigenvalue weighted by atomic mass is 19.1. The molecule has 3 unspecified atom stereocenters. The van der Waals surface area contributed by atoms with Crippen LogP contribution in [-0.4, -0.2) is 28.1 Å². The Kier molecular flexibility index (Phi) is 3.93. The smallest absolute Gasteiger partial charge is 0.320 e. The zero-order chi connectivity index (χ0) is 15.0. The van der Waals surface area contributed by atoms with E-state index in [1.54, 1.807) is 0 Å². The van der Waals surface area contributed by atoms with Crippen LogP contribution in [0.1, 0.15) is 37.7 Å². The molecule has 3 rings (SSSR count). The van der Waals surface area contributed by atoms with E-state index in [0.717, 1.165) is 31.7 Å². The molecule has 0 aromatic heterocycles. The van der Waals surface area contributed by atoms with Gasteiger partial charge in [-0.3, -0.25) is 9.69 Å². The molecule has 0 spiro atoms. The number of rotatable bonds is 3. The molecule has 1 saturated heterocycles. The highest BCUT2D eigenvalue weighted by Gasteiger charge is 2.44. The summed E-state index contributed by atoms with van der Waals surface area (Å²) in [5.41, 5.74) is 0.505. The van der Waals surface area contributed by atoms with Gasteiger partial charge in [0.15, 0.2) is 0 Å². The zero-order valence-electron chi connectivity index (χ0n) is 11.8. The largest absolute Gasteiger partial charge is 0.480 e. The van der Waals surface area contributed by atoms with Gasteiger partial charge < -0.3 is 5.11 Å². The first-order valence-electron chi connectivity index (χ1n) is 7.48. The van der Waals surface area contributed by atoms with Crippen molar-refractivity contribution in [3.05, 3.63) is 35.4 Å². The van der Waals surface area contributed by atoms with Gasteiger partial charge in [-0.2, -0.15) is 0 Å². The van der Waals surface area contributed by atoms with Crippen LogP contribution < -0.4 is 0 Å². The van der Waals surface area contributed by atoms with Gasteiger partial charge in [0.05, 0.1) is 0 Å². The molecule has 2 aliphatic rings. The topological polar surface area (TPSA) is 40.5 Å². The monoisotopic (exact) mass is 295 g/mol. The number of carbonyl (C=O) groups is 1. The molecule has 1 aromatic rings. The summed E-state index contributed by atoms with van der Waals surface area (Å²) in [4.78, 5) is 13.4. The van der Waals surface area contributed by atoms with E-state index in [4.69, 9.17) is 0 Å². The molecule has 1 aliphatic carbocycles. The van der Waals surface area contributed by atoms with Gasteiger partial charge in [0, 0.05) is 18.7 Å². The SMILES string of the molecule is O=C(O)C1CC2CCCCC2N1Cc1cc(F)cc(F)c1. The van der Waals surface area contributed by atoms with Crippen molar-refractivity contribution < 1.29 is 18.7 Å². The van der Waals surface area contributed by atoms with E-state index in [0.29, 0.717) is 24.4 Å².